The van der Waals surface area contributed by atoms with Gasteiger partial charge in [-0.05, 0) is 6.07 Å². The summed E-state index contributed by atoms with van der Waals surface area (Å²) < 4.78 is 17.2. The minimum atomic E-state index is -1.32. The quantitative estimate of drug-likeness (QED) is 0.769. The van der Waals surface area contributed by atoms with E-state index in [4.69, 9.17) is 25.8 Å². The highest BCUT2D eigenvalue weighted by Gasteiger charge is 2.58. The number of hydrogen-bond donors (Lipinski definition) is 1. The fraction of sp³-hybridized carbons (Fsp3) is 0.562. The van der Waals surface area contributed by atoms with Gasteiger partial charge in [0.15, 0.2) is 6.67 Å². The number of rotatable bonds is 3. The van der Waals surface area contributed by atoms with Gasteiger partial charge in [0, 0.05) is 5.56 Å². The topological polar surface area (TPSA) is 52.4 Å². The van der Waals surface area contributed by atoms with Gasteiger partial charge in [-0.3, -0.25) is 9.69 Å². The fourth-order valence-corrected chi connectivity index (χ4v) is 3.58. The molecule has 4 rings (SSSR count). The zero-order chi connectivity index (χ0) is 15.9. The maximum Gasteiger partial charge on any atom is 0.296 e. The van der Waals surface area contributed by atoms with Crippen molar-refractivity contribution in [3.63, 3.8) is 0 Å². The number of ether oxygens (including phenoxy) is 3. The summed E-state index contributed by atoms with van der Waals surface area (Å²) in [5.74, 6) is -1.15. The Hall–Kier alpha value is -1.18. The van der Waals surface area contributed by atoms with E-state index in [1.807, 2.05) is 24.3 Å². The Balaban J connectivity index is 1.65. The first-order valence-electron chi connectivity index (χ1n) is 7.95. The highest BCUT2D eigenvalue weighted by atomic mass is 35.5. The molecule has 0 aromatic heterocycles. The molecule has 0 unspecified atom stereocenters. The van der Waals surface area contributed by atoms with Crippen molar-refractivity contribution in [3.8, 4) is 0 Å². The van der Waals surface area contributed by atoms with Crippen molar-refractivity contribution in [1.29, 1.82) is 0 Å². The summed E-state index contributed by atoms with van der Waals surface area (Å²) in [6, 6.07) is 7.68. The van der Waals surface area contributed by atoms with Crippen LogP contribution in [0.2, 0.25) is 0 Å². The smallest absolute Gasteiger partial charge is 0.296 e. The van der Waals surface area contributed by atoms with Gasteiger partial charge in [-0.2, -0.15) is 0 Å². The molecule has 2 fully saturated rings. The number of nitrogens with one attached hydrogen (secondary N) is 1. The lowest BCUT2D eigenvalue weighted by atomic mass is 10.1. The predicted molar refractivity (Wildman–Crippen MR) is 83.5 cm³/mol. The molecule has 1 amide bonds. The molecule has 1 spiro atoms. The number of para-hydroxylation sites is 1. The van der Waals surface area contributed by atoms with Crippen molar-refractivity contribution < 1.29 is 23.9 Å². The molecule has 6 nitrogen and oxygen atoms in total. The van der Waals surface area contributed by atoms with Crippen LogP contribution in [0, 0.1) is 0 Å². The van der Waals surface area contributed by atoms with Crippen molar-refractivity contribution in [3.05, 3.63) is 29.8 Å². The first-order valence-corrected chi connectivity index (χ1v) is 8.48. The van der Waals surface area contributed by atoms with Crippen LogP contribution in [0.1, 0.15) is 5.56 Å². The zero-order valence-electron chi connectivity index (χ0n) is 12.8. The van der Waals surface area contributed by atoms with Crippen LogP contribution in [0.3, 0.4) is 0 Å². The van der Waals surface area contributed by atoms with Crippen LogP contribution in [0.4, 0.5) is 5.69 Å². The van der Waals surface area contributed by atoms with Gasteiger partial charge in [0.25, 0.3) is 11.7 Å². The molecule has 2 saturated heterocycles. The van der Waals surface area contributed by atoms with E-state index in [9.17, 15) is 4.79 Å². The Bertz CT molecular complexity index is 607. The zero-order valence-corrected chi connectivity index (χ0v) is 13.6. The molecule has 1 aromatic carbocycles. The van der Waals surface area contributed by atoms with E-state index < -0.39 is 5.79 Å². The van der Waals surface area contributed by atoms with Crippen LogP contribution in [0.25, 0.3) is 0 Å². The minimum Gasteiger partial charge on any atom is -0.370 e. The van der Waals surface area contributed by atoms with E-state index in [1.54, 1.807) is 4.90 Å². The number of halogens is 1. The van der Waals surface area contributed by atoms with E-state index in [-0.39, 0.29) is 12.0 Å². The Labute approximate surface area is 139 Å². The number of alkyl halides is 1. The standard InChI is InChI=1S/C16H19ClN2O4/c17-9-12-10-22-16(23-12)13-3-1-2-4-14(13)19(15(16)20)11-18-5-7-21-8-6-18/h1-4,12H,5-11H2/p+1/t12-,16-/m1/s1. The van der Waals surface area contributed by atoms with Gasteiger partial charge in [-0.25, -0.2) is 0 Å². The number of benzene rings is 1. The Morgan fingerprint density at radius 3 is 2.83 bits per heavy atom. The number of morpholine rings is 1. The molecule has 3 aliphatic heterocycles. The second kappa shape index (κ2) is 6.03. The van der Waals surface area contributed by atoms with Crippen LogP contribution in [0.5, 0.6) is 0 Å². The predicted octanol–water partition coefficient (Wildman–Crippen LogP) is -0.287. The summed E-state index contributed by atoms with van der Waals surface area (Å²) in [5, 5.41) is 0. The highest BCUT2D eigenvalue weighted by molar-refractivity contribution is 6.18. The fourth-order valence-electron chi connectivity index (χ4n) is 3.43. The molecule has 0 bridgehead atoms. The molecule has 23 heavy (non-hydrogen) atoms. The third kappa shape index (κ3) is 2.45. The molecule has 0 saturated carbocycles. The summed E-state index contributed by atoms with van der Waals surface area (Å²) in [6.45, 7) is 4.17. The molecule has 0 radical (unpaired) electrons. The van der Waals surface area contributed by atoms with Crippen molar-refractivity contribution in [2.24, 2.45) is 0 Å². The first-order chi connectivity index (χ1) is 11.2. The summed E-state index contributed by atoms with van der Waals surface area (Å²) in [4.78, 5) is 16.2. The lowest BCUT2D eigenvalue weighted by Gasteiger charge is -2.29. The van der Waals surface area contributed by atoms with Crippen LogP contribution >= 0.6 is 11.6 Å². The number of carbonyl (C=O) groups is 1. The molecule has 1 aromatic rings. The Kier molecular flexibility index (Phi) is 4.03. The van der Waals surface area contributed by atoms with Gasteiger partial charge >= 0.3 is 0 Å². The summed E-state index contributed by atoms with van der Waals surface area (Å²) >= 11 is 5.89. The van der Waals surface area contributed by atoms with Gasteiger partial charge in [0.05, 0.1) is 37.5 Å². The van der Waals surface area contributed by atoms with Crippen molar-refractivity contribution in [2.75, 3.05) is 50.4 Å². The third-order valence-corrected chi connectivity index (χ3v) is 4.98. The normalized spacial score (nSPS) is 31.1. The number of fused-ring (bicyclic) bond motifs is 2. The molecular formula is C16H20ClN2O4+. The van der Waals surface area contributed by atoms with Gasteiger partial charge in [-0.1, -0.05) is 18.2 Å². The third-order valence-electron chi connectivity index (χ3n) is 4.63. The van der Waals surface area contributed by atoms with Gasteiger partial charge in [-0.15, -0.1) is 11.6 Å². The average Bonchev–Trinajstić information content (AvgIpc) is 3.13. The largest absolute Gasteiger partial charge is 0.370 e. The van der Waals surface area contributed by atoms with Crippen molar-refractivity contribution >= 4 is 23.2 Å². The number of hydrogen-bond acceptors (Lipinski definition) is 4. The van der Waals surface area contributed by atoms with Gasteiger partial charge in [0.2, 0.25) is 0 Å². The summed E-state index contributed by atoms with van der Waals surface area (Å²) in [6.07, 6.45) is -0.260. The number of carbonyl (C=O) groups excluding carboxylic acids is 1. The van der Waals surface area contributed by atoms with E-state index in [2.05, 4.69) is 0 Å². The summed E-state index contributed by atoms with van der Waals surface area (Å²) in [5.41, 5.74) is 1.65. The molecule has 7 heteroatoms. The van der Waals surface area contributed by atoms with E-state index >= 15 is 0 Å². The van der Waals surface area contributed by atoms with Crippen molar-refractivity contribution in [2.45, 2.75) is 11.9 Å². The van der Waals surface area contributed by atoms with Crippen LogP contribution < -0.4 is 9.80 Å². The molecular weight excluding hydrogens is 320 g/mol. The van der Waals surface area contributed by atoms with Crippen LogP contribution in [-0.2, 0) is 24.8 Å². The Morgan fingerprint density at radius 1 is 1.30 bits per heavy atom. The van der Waals surface area contributed by atoms with Gasteiger partial charge in [0.1, 0.15) is 13.1 Å². The maximum absolute atomic E-state index is 13.1. The lowest BCUT2D eigenvalue weighted by molar-refractivity contribution is -0.906. The average molecular weight is 340 g/mol. The van der Waals surface area contributed by atoms with Crippen molar-refractivity contribution in [1.82, 2.24) is 0 Å². The number of quaternary nitrogens is 1. The number of amides is 1. The highest BCUT2D eigenvalue weighted by Crippen LogP contribution is 2.46. The first kappa shape index (κ1) is 15.4. The SMILES string of the molecule is O=C1N(C[NH+]2CCOCC2)c2ccccc2[C@]12OC[C@@H](CCl)O2. The lowest BCUT2D eigenvalue weighted by Crippen LogP contribution is -3.15. The van der Waals surface area contributed by atoms with E-state index in [1.165, 1.54) is 4.90 Å². The summed E-state index contributed by atoms with van der Waals surface area (Å²) in [7, 11) is 0. The van der Waals surface area contributed by atoms with E-state index in [0.29, 0.717) is 19.2 Å². The molecule has 124 valence electrons. The second-order valence-electron chi connectivity index (χ2n) is 6.09. The van der Waals surface area contributed by atoms with Gasteiger partial charge < -0.3 is 19.1 Å². The molecule has 3 aliphatic rings. The van der Waals surface area contributed by atoms with Crippen LogP contribution in [0.15, 0.2) is 24.3 Å². The minimum absolute atomic E-state index is 0.148. The molecule has 3 heterocycles. The molecule has 2 atom stereocenters. The Morgan fingerprint density at radius 2 is 2.09 bits per heavy atom. The maximum atomic E-state index is 13.1. The second-order valence-corrected chi connectivity index (χ2v) is 6.40. The number of anilines is 1. The monoisotopic (exact) mass is 339 g/mol. The molecule has 1 N–H and O–H groups in total. The van der Waals surface area contributed by atoms with E-state index in [0.717, 1.165) is 37.6 Å². The number of nitrogens with zero attached hydrogens (tertiary/aromatic N) is 1. The molecule has 0 aliphatic carbocycles. The van der Waals surface area contributed by atoms with Crippen LogP contribution in [-0.4, -0.2) is 57.5 Å².